The number of rotatable bonds is 4. The van der Waals surface area contributed by atoms with Crippen LogP contribution in [0.3, 0.4) is 0 Å². The zero-order chi connectivity index (χ0) is 15.2. The van der Waals surface area contributed by atoms with E-state index < -0.39 is 0 Å². The van der Waals surface area contributed by atoms with Gasteiger partial charge in [0, 0.05) is 20.1 Å². The SMILES string of the molecule is CNC(=O)C1CCCCN1C(=O)Cc1ccc(CN)cc1. The Balaban J connectivity index is 2.04. The number of nitrogens with zero attached hydrogens (tertiary/aromatic N) is 1. The molecular formula is C16H23N3O2. The predicted molar refractivity (Wildman–Crippen MR) is 81.5 cm³/mol. The summed E-state index contributed by atoms with van der Waals surface area (Å²) in [5, 5.41) is 2.65. The van der Waals surface area contributed by atoms with E-state index >= 15 is 0 Å². The molecule has 1 saturated heterocycles. The molecule has 1 atom stereocenters. The standard InChI is InChI=1S/C16H23N3O2/c1-18-16(21)14-4-2-3-9-19(14)15(20)10-12-5-7-13(11-17)8-6-12/h5-8,14H,2-4,9-11,17H2,1H3,(H,18,21). The third kappa shape index (κ3) is 3.82. The first-order valence-electron chi connectivity index (χ1n) is 7.44. The summed E-state index contributed by atoms with van der Waals surface area (Å²) in [6.45, 7) is 1.16. The molecule has 5 nitrogen and oxygen atoms in total. The van der Waals surface area contributed by atoms with Crippen LogP contribution in [0.5, 0.6) is 0 Å². The van der Waals surface area contributed by atoms with Gasteiger partial charge in [0.1, 0.15) is 6.04 Å². The second-order valence-corrected chi connectivity index (χ2v) is 5.41. The van der Waals surface area contributed by atoms with Crippen LogP contribution in [0.25, 0.3) is 0 Å². The third-order valence-corrected chi connectivity index (χ3v) is 3.99. The van der Waals surface area contributed by atoms with Crippen molar-refractivity contribution in [2.45, 2.75) is 38.3 Å². The Kier molecular flexibility index (Phi) is 5.33. The van der Waals surface area contributed by atoms with Crippen molar-refractivity contribution in [3.8, 4) is 0 Å². The molecule has 114 valence electrons. The first-order valence-corrected chi connectivity index (χ1v) is 7.44. The molecule has 1 aromatic rings. The summed E-state index contributed by atoms with van der Waals surface area (Å²) in [5.74, 6) is -0.0506. The van der Waals surface area contributed by atoms with E-state index in [9.17, 15) is 9.59 Å². The van der Waals surface area contributed by atoms with Crippen molar-refractivity contribution in [1.82, 2.24) is 10.2 Å². The highest BCUT2D eigenvalue weighted by Crippen LogP contribution is 2.18. The van der Waals surface area contributed by atoms with Gasteiger partial charge in [0.25, 0.3) is 0 Å². The molecule has 1 heterocycles. The number of likely N-dealkylation sites (N-methyl/N-ethyl adjacent to an activating group) is 1. The van der Waals surface area contributed by atoms with Crippen LogP contribution in [0.2, 0.25) is 0 Å². The molecule has 1 aliphatic rings. The number of piperidine rings is 1. The zero-order valence-electron chi connectivity index (χ0n) is 12.5. The number of amides is 2. The van der Waals surface area contributed by atoms with Gasteiger partial charge in [0.15, 0.2) is 0 Å². The minimum atomic E-state index is -0.320. The summed E-state index contributed by atoms with van der Waals surface area (Å²) in [7, 11) is 1.62. The molecule has 1 unspecified atom stereocenters. The zero-order valence-corrected chi connectivity index (χ0v) is 12.5. The smallest absolute Gasteiger partial charge is 0.242 e. The number of hydrogen-bond donors (Lipinski definition) is 2. The van der Waals surface area contributed by atoms with Gasteiger partial charge in [-0.05, 0) is 30.4 Å². The normalized spacial score (nSPS) is 18.4. The molecule has 2 rings (SSSR count). The van der Waals surface area contributed by atoms with Gasteiger partial charge in [-0.1, -0.05) is 24.3 Å². The summed E-state index contributed by atoms with van der Waals surface area (Å²) >= 11 is 0. The molecule has 0 bridgehead atoms. The second kappa shape index (κ2) is 7.22. The molecule has 0 aliphatic carbocycles. The lowest BCUT2D eigenvalue weighted by molar-refractivity contribution is -0.141. The molecule has 0 aromatic heterocycles. The van der Waals surface area contributed by atoms with Crippen LogP contribution in [0.15, 0.2) is 24.3 Å². The number of carbonyl (C=O) groups is 2. The predicted octanol–water partition coefficient (Wildman–Crippen LogP) is 0.815. The number of likely N-dealkylation sites (tertiary alicyclic amines) is 1. The fourth-order valence-electron chi connectivity index (χ4n) is 2.74. The third-order valence-electron chi connectivity index (χ3n) is 3.99. The van der Waals surface area contributed by atoms with Gasteiger partial charge in [0.2, 0.25) is 11.8 Å². The van der Waals surface area contributed by atoms with E-state index in [1.807, 2.05) is 24.3 Å². The molecule has 21 heavy (non-hydrogen) atoms. The van der Waals surface area contributed by atoms with Crippen molar-refractivity contribution in [2.75, 3.05) is 13.6 Å². The van der Waals surface area contributed by atoms with Gasteiger partial charge < -0.3 is 16.0 Å². The van der Waals surface area contributed by atoms with Crippen molar-refractivity contribution < 1.29 is 9.59 Å². The van der Waals surface area contributed by atoms with Gasteiger partial charge in [-0.2, -0.15) is 0 Å². The van der Waals surface area contributed by atoms with Crippen LogP contribution in [0, 0.1) is 0 Å². The van der Waals surface area contributed by atoms with E-state index in [4.69, 9.17) is 5.73 Å². The fraction of sp³-hybridized carbons (Fsp3) is 0.500. The Bertz CT molecular complexity index is 499. The Morgan fingerprint density at radius 1 is 1.24 bits per heavy atom. The van der Waals surface area contributed by atoms with Gasteiger partial charge in [-0.15, -0.1) is 0 Å². The monoisotopic (exact) mass is 289 g/mol. The first-order chi connectivity index (χ1) is 10.2. The summed E-state index contributed by atoms with van der Waals surface area (Å²) in [6, 6.07) is 7.42. The van der Waals surface area contributed by atoms with E-state index in [0.29, 0.717) is 19.5 Å². The van der Waals surface area contributed by atoms with E-state index in [-0.39, 0.29) is 17.9 Å². The molecule has 2 amide bonds. The second-order valence-electron chi connectivity index (χ2n) is 5.41. The van der Waals surface area contributed by atoms with Gasteiger partial charge in [-0.25, -0.2) is 0 Å². The maximum Gasteiger partial charge on any atom is 0.242 e. The van der Waals surface area contributed by atoms with Crippen LogP contribution in [-0.2, 0) is 22.6 Å². The highest BCUT2D eigenvalue weighted by Gasteiger charge is 2.31. The molecule has 1 aliphatic heterocycles. The maximum absolute atomic E-state index is 12.5. The van der Waals surface area contributed by atoms with Crippen LogP contribution in [0.4, 0.5) is 0 Å². The van der Waals surface area contributed by atoms with E-state index in [1.165, 1.54) is 0 Å². The fourth-order valence-corrected chi connectivity index (χ4v) is 2.74. The molecule has 1 fully saturated rings. The number of benzene rings is 1. The minimum absolute atomic E-state index is 0.0174. The highest BCUT2D eigenvalue weighted by molar-refractivity contribution is 5.88. The highest BCUT2D eigenvalue weighted by atomic mass is 16.2. The van der Waals surface area contributed by atoms with Crippen LogP contribution in [-0.4, -0.2) is 36.3 Å². The van der Waals surface area contributed by atoms with Crippen molar-refractivity contribution in [3.05, 3.63) is 35.4 Å². The minimum Gasteiger partial charge on any atom is -0.357 e. The number of nitrogens with two attached hydrogens (primary N) is 1. The Labute approximate surface area is 125 Å². The van der Waals surface area contributed by atoms with E-state index in [1.54, 1.807) is 11.9 Å². The van der Waals surface area contributed by atoms with Gasteiger partial charge in [-0.3, -0.25) is 9.59 Å². The Hall–Kier alpha value is -1.88. The van der Waals surface area contributed by atoms with Crippen molar-refractivity contribution in [1.29, 1.82) is 0 Å². The van der Waals surface area contributed by atoms with Crippen LogP contribution < -0.4 is 11.1 Å². The average molecular weight is 289 g/mol. The molecule has 5 heteroatoms. The quantitative estimate of drug-likeness (QED) is 0.861. The van der Waals surface area contributed by atoms with E-state index in [2.05, 4.69) is 5.32 Å². The molecule has 0 spiro atoms. The van der Waals surface area contributed by atoms with Gasteiger partial charge in [0.05, 0.1) is 6.42 Å². The number of carbonyl (C=O) groups excluding carboxylic acids is 2. The Morgan fingerprint density at radius 2 is 1.90 bits per heavy atom. The van der Waals surface area contributed by atoms with Crippen LogP contribution in [0.1, 0.15) is 30.4 Å². The number of nitrogens with one attached hydrogen (secondary N) is 1. The van der Waals surface area contributed by atoms with Gasteiger partial charge >= 0.3 is 0 Å². The molecule has 3 N–H and O–H groups in total. The van der Waals surface area contributed by atoms with Crippen molar-refractivity contribution in [2.24, 2.45) is 5.73 Å². The summed E-state index contributed by atoms with van der Waals surface area (Å²) < 4.78 is 0. The molecular weight excluding hydrogens is 266 g/mol. The largest absolute Gasteiger partial charge is 0.357 e. The summed E-state index contributed by atoms with van der Waals surface area (Å²) in [4.78, 5) is 26.1. The van der Waals surface area contributed by atoms with Crippen molar-refractivity contribution in [3.63, 3.8) is 0 Å². The lowest BCUT2D eigenvalue weighted by Crippen LogP contribution is -2.51. The lowest BCUT2D eigenvalue weighted by Gasteiger charge is -2.34. The van der Waals surface area contributed by atoms with Crippen molar-refractivity contribution >= 4 is 11.8 Å². The Morgan fingerprint density at radius 3 is 2.52 bits per heavy atom. The molecule has 1 aromatic carbocycles. The van der Waals surface area contributed by atoms with Crippen LogP contribution >= 0.6 is 0 Å². The maximum atomic E-state index is 12.5. The molecule has 0 radical (unpaired) electrons. The van der Waals surface area contributed by atoms with E-state index in [0.717, 1.165) is 30.4 Å². The molecule has 0 saturated carbocycles. The lowest BCUT2D eigenvalue weighted by atomic mass is 10.00. The topological polar surface area (TPSA) is 75.4 Å². The average Bonchev–Trinajstić information content (AvgIpc) is 2.54. The summed E-state index contributed by atoms with van der Waals surface area (Å²) in [6.07, 6.45) is 3.04. The first kappa shape index (κ1) is 15.5. The number of hydrogen-bond acceptors (Lipinski definition) is 3. The summed E-state index contributed by atoms with van der Waals surface area (Å²) in [5.41, 5.74) is 7.57.